The topological polar surface area (TPSA) is 21.3 Å². The van der Waals surface area contributed by atoms with Crippen molar-refractivity contribution in [3.63, 3.8) is 0 Å². The Hall–Kier alpha value is -0.860. The first-order valence-electron chi connectivity index (χ1n) is 7.79. The lowest BCUT2D eigenvalue weighted by Crippen LogP contribution is -2.39. The van der Waals surface area contributed by atoms with Gasteiger partial charge in [-0.15, -0.1) is 0 Å². The molecule has 2 nitrogen and oxygen atoms in total. The Morgan fingerprint density at radius 1 is 1.25 bits per heavy atom. The van der Waals surface area contributed by atoms with Gasteiger partial charge in [0.25, 0.3) is 0 Å². The van der Waals surface area contributed by atoms with Crippen molar-refractivity contribution in [2.24, 2.45) is 0 Å². The zero-order valence-corrected chi connectivity index (χ0v) is 14.0. The summed E-state index contributed by atoms with van der Waals surface area (Å²) >= 11 is 0. The summed E-state index contributed by atoms with van der Waals surface area (Å²) in [6, 6.07) is 8.64. The van der Waals surface area contributed by atoms with Gasteiger partial charge in [-0.2, -0.15) is 0 Å². The van der Waals surface area contributed by atoms with Crippen LogP contribution in [0.4, 0.5) is 0 Å². The molecule has 1 aromatic carbocycles. The predicted octanol–water partition coefficient (Wildman–Crippen LogP) is 4.63. The van der Waals surface area contributed by atoms with Gasteiger partial charge in [0.05, 0.1) is 12.2 Å². The minimum atomic E-state index is 0.111. The Morgan fingerprint density at radius 2 is 1.95 bits per heavy atom. The van der Waals surface area contributed by atoms with Crippen molar-refractivity contribution in [2.45, 2.75) is 72.1 Å². The molecule has 114 valence electrons. The molecule has 1 aromatic rings. The fourth-order valence-electron chi connectivity index (χ4n) is 2.27. The zero-order valence-electron chi connectivity index (χ0n) is 14.0. The lowest BCUT2D eigenvalue weighted by Gasteiger charge is -2.28. The number of nitrogens with one attached hydrogen (secondary N) is 1. The molecule has 2 atom stereocenters. The average Bonchev–Trinajstić information content (AvgIpc) is 2.33. The third kappa shape index (κ3) is 6.53. The molecule has 0 amide bonds. The van der Waals surface area contributed by atoms with Crippen LogP contribution in [-0.2, 0) is 4.74 Å². The largest absolute Gasteiger partial charge is 0.369 e. The second kappa shape index (κ2) is 7.80. The summed E-state index contributed by atoms with van der Waals surface area (Å²) in [5, 5.41) is 3.56. The van der Waals surface area contributed by atoms with Crippen LogP contribution in [-0.4, -0.2) is 18.2 Å². The lowest BCUT2D eigenvalue weighted by molar-refractivity contribution is -0.00996. The lowest BCUT2D eigenvalue weighted by atomic mass is 10.0. The smallest absolute Gasteiger partial charge is 0.0953 e. The average molecular weight is 277 g/mol. The van der Waals surface area contributed by atoms with E-state index in [0.717, 1.165) is 19.4 Å². The molecule has 0 radical (unpaired) electrons. The Balaban J connectivity index is 2.78. The number of hydrogen-bond acceptors (Lipinski definition) is 2. The van der Waals surface area contributed by atoms with Crippen molar-refractivity contribution < 1.29 is 4.74 Å². The first-order valence-corrected chi connectivity index (χ1v) is 7.79. The van der Waals surface area contributed by atoms with Crippen molar-refractivity contribution >= 4 is 0 Å². The van der Waals surface area contributed by atoms with E-state index in [-0.39, 0.29) is 11.6 Å². The normalized spacial score (nSPS) is 15.1. The van der Waals surface area contributed by atoms with E-state index < -0.39 is 0 Å². The monoisotopic (exact) mass is 277 g/mol. The van der Waals surface area contributed by atoms with E-state index in [9.17, 15) is 0 Å². The third-order valence-electron chi connectivity index (χ3n) is 3.32. The second-order valence-corrected chi connectivity index (χ2v) is 6.77. The van der Waals surface area contributed by atoms with Gasteiger partial charge in [0.2, 0.25) is 0 Å². The molecule has 2 unspecified atom stereocenters. The first kappa shape index (κ1) is 17.2. The van der Waals surface area contributed by atoms with Crippen molar-refractivity contribution in [3.05, 3.63) is 35.4 Å². The van der Waals surface area contributed by atoms with Gasteiger partial charge in [-0.3, -0.25) is 0 Å². The molecule has 2 heteroatoms. The minimum Gasteiger partial charge on any atom is -0.369 e. The van der Waals surface area contributed by atoms with E-state index in [1.165, 1.54) is 11.1 Å². The maximum absolute atomic E-state index is 6.26. The Bertz CT molecular complexity index is 395. The highest BCUT2D eigenvalue weighted by Gasteiger charge is 2.18. The molecular formula is C18H31NO. The third-order valence-corrected chi connectivity index (χ3v) is 3.32. The van der Waals surface area contributed by atoms with E-state index in [1.54, 1.807) is 0 Å². The molecule has 0 saturated carbocycles. The molecular weight excluding hydrogens is 246 g/mol. The highest BCUT2D eigenvalue weighted by atomic mass is 16.5. The molecule has 0 aliphatic carbocycles. The molecule has 0 heterocycles. The fourth-order valence-corrected chi connectivity index (χ4v) is 2.27. The molecule has 20 heavy (non-hydrogen) atoms. The number of rotatable bonds is 7. The first-order chi connectivity index (χ1) is 9.31. The second-order valence-electron chi connectivity index (χ2n) is 6.77. The van der Waals surface area contributed by atoms with Gasteiger partial charge in [0.15, 0.2) is 0 Å². The van der Waals surface area contributed by atoms with E-state index in [1.807, 2.05) is 0 Å². The zero-order chi connectivity index (χ0) is 15.2. The summed E-state index contributed by atoms with van der Waals surface area (Å²) in [6.07, 6.45) is 2.69. The van der Waals surface area contributed by atoms with Gasteiger partial charge in [-0.25, -0.2) is 0 Å². The van der Waals surface area contributed by atoms with Gasteiger partial charge >= 0.3 is 0 Å². The molecule has 0 saturated heterocycles. The number of aryl methyl sites for hydroxylation is 1. The van der Waals surface area contributed by atoms with Crippen molar-refractivity contribution in [1.29, 1.82) is 0 Å². The SMILES string of the molecule is CCCC(C)OC(CNC(C)(C)C)c1cccc(C)c1. The number of hydrogen-bond donors (Lipinski definition) is 1. The van der Waals surface area contributed by atoms with Gasteiger partial charge in [0, 0.05) is 12.1 Å². The Labute approximate surface area is 124 Å². The van der Waals surface area contributed by atoms with Gasteiger partial charge < -0.3 is 10.1 Å². The molecule has 0 aliphatic rings. The van der Waals surface area contributed by atoms with Gasteiger partial charge in [0.1, 0.15) is 0 Å². The van der Waals surface area contributed by atoms with Crippen LogP contribution in [0.3, 0.4) is 0 Å². The quantitative estimate of drug-likeness (QED) is 0.784. The van der Waals surface area contributed by atoms with E-state index in [4.69, 9.17) is 4.74 Å². The van der Waals surface area contributed by atoms with E-state index in [0.29, 0.717) is 6.10 Å². The van der Waals surface area contributed by atoms with Gasteiger partial charge in [-0.05, 0) is 46.6 Å². The fraction of sp³-hybridized carbons (Fsp3) is 0.667. The van der Waals surface area contributed by atoms with Crippen molar-refractivity contribution in [1.82, 2.24) is 5.32 Å². The summed E-state index contributed by atoms with van der Waals surface area (Å²) in [5.74, 6) is 0. The van der Waals surface area contributed by atoms with Crippen LogP contribution in [0.5, 0.6) is 0 Å². The van der Waals surface area contributed by atoms with Crippen LogP contribution in [0.2, 0.25) is 0 Å². The molecule has 0 fully saturated rings. The molecule has 0 aliphatic heterocycles. The summed E-state index contributed by atoms with van der Waals surface area (Å²) in [5.41, 5.74) is 2.67. The van der Waals surface area contributed by atoms with Crippen LogP contribution in [0.1, 0.15) is 64.7 Å². The van der Waals surface area contributed by atoms with E-state index >= 15 is 0 Å². The molecule has 1 N–H and O–H groups in total. The number of ether oxygens (including phenoxy) is 1. The Kier molecular flexibility index (Phi) is 6.70. The minimum absolute atomic E-state index is 0.111. The van der Waals surface area contributed by atoms with Crippen molar-refractivity contribution in [3.8, 4) is 0 Å². The highest BCUT2D eigenvalue weighted by molar-refractivity contribution is 5.24. The van der Waals surface area contributed by atoms with Crippen LogP contribution in [0, 0.1) is 6.92 Å². The maximum Gasteiger partial charge on any atom is 0.0953 e. The van der Waals surface area contributed by atoms with E-state index in [2.05, 4.69) is 71.1 Å². The standard InChI is InChI=1S/C18H31NO/c1-7-9-15(3)20-17(13-19-18(4,5)6)16-11-8-10-14(2)12-16/h8,10-12,15,17,19H,7,9,13H2,1-6H3. The molecule has 0 bridgehead atoms. The summed E-state index contributed by atoms with van der Waals surface area (Å²) in [4.78, 5) is 0. The maximum atomic E-state index is 6.26. The van der Waals surface area contributed by atoms with Crippen LogP contribution in [0.15, 0.2) is 24.3 Å². The molecule has 0 aromatic heterocycles. The highest BCUT2D eigenvalue weighted by Crippen LogP contribution is 2.22. The summed E-state index contributed by atoms with van der Waals surface area (Å²) < 4.78 is 6.26. The summed E-state index contributed by atoms with van der Waals surface area (Å²) in [7, 11) is 0. The summed E-state index contributed by atoms with van der Waals surface area (Å²) in [6.45, 7) is 13.9. The molecule has 1 rings (SSSR count). The molecule has 0 spiro atoms. The number of benzene rings is 1. The predicted molar refractivity (Wildman–Crippen MR) is 87.1 cm³/mol. The van der Waals surface area contributed by atoms with Crippen LogP contribution < -0.4 is 5.32 Å². The van der Waals surface area contributed by atoms with Crippen molar-refractivity contribution in [2.75, 3.05) is 6.54 Å². The Morgan fingerprint density at radius 3 is 2.50 bits per heavy atom. The van der Waals surface area contributed by atoms with Crippen LogP contribution >= 0.6 is 0 Å². The van der Waals surface area contributed by atoms with Gasteiger partial charge in [-0.1, -0.05) is 43.2 Å². The van der Waals surface area contributed by atoms with Crippen LogP contribution in [0.25, 0.3) is 0 Å².